The Morgan fingerprint density at radius 1 is 1.11 bits per heavy atom. The molecule has 0 radical (unpaired) electrons. The lowest BCUT2D eigenvalue weighted by Crippen LogP contribution is -2.16. The molecule has 18 heavy (non-hydrogen) atoms. The number of esters is 1. The summed E-state index contributed by atoms with van der Waals surface area (Å²) >= 11 is 0. The molecule has 0 saturated heterocycles. The van der Waals surface area contributed by atoms with Gasteiger partial charge in [0.2, 0.25) is 0 Å². The zero-order chi connectivity index (χ0) is 13.7. The fourth-order valence-electron chi connectivity index (χ4n) is 1.50. The second-order valence-corrected chi connectivity index (χ2v) is 3.48. The predicted molar refractivity (Wildman–Crippen MR) is 65.1 cm³/mol. The molecule has 0 spiro atoms. The lowest BCUT2D eigenvalue weighted by molar-refractivity contribution is 0.0601. The minimum Gasteiger partial charge on any atom is -0.497 e. The van der Waals surface area contributed by atoms with Crippen molar-refractivity contribution >= 4 is 17.7 Å². The molecule has 0 aliphatic heterocycles. The van der Waals surface area contributed by atoms with Gasteiger partial charge in [-0.15, -0.1) is 0 Å². The van der Waals surface area contributed by atoms with E-state index in [4.69, 9.17) is 4.74 Å². The van der Waals surface area contributed by atoms with E-state index in [1.807, 2.05) is 0 Å². The maximum Gasteiger partial charge on any atom is 0.411 e. The van der Waals surface area contributed by atoms with Crippen LogP contribution in [-0.4, -0.2) is 33.4 Å². The molecule has 0 aliphatic carbocycles. The van der Waals surface area contributed by atoms with Gasteiger partial charge in [-0.2, -0.15) is 0 Å². The molecule has 0 aromatic heterocycles. The monoisotopic (exact) mass is 253 g/mol. The maximum absolute atomic E-state index is 11.7. The first-order valence-corrected chi connectivity index (χ1v) is 5.15. The summed E-state index contributed by atoms with van der Waals surface area (Å²) in [7, 11) is 4.00. The number of methoxy groups -OCH3 is 3. The third kappa shape index (κ3) is 2.91. The molecule has 0 saturated carbocycles. The number of rotatable bonds is 3. The van der Waals surface area contributed by atoms with Crippen molar-refractivity contribution in [2.75, 3.05) is 26.6 Å². The van der Waals surface area contributed by atoms with Crippen molar-refractivity contribution in [3.05, 3.63) is 23.3 Å². The molecule has 0 bridgehead atoms. The number of nitrogens with one attached hydrogen (secondary N) is 1. The molecule has 0 unspecified atom stereocenters. The second kappa shape index (κ2) is 5.90. The van der Waals surface area contributed by atoms with Gasteiger partial charge in [-0.25, -0.2) is 9.59 Å². The minimum atomic E-state index is -0.673. The topological polar surface area (TPSA) is 73.9 Å². The maximum atomic E-state index is 11.7. The Bertz CT molecular complexity index is 470. The van der Waals surface area contributed by atoms with E-state index in [9.17, 15) is 9.59 Å². The average Bonchev–Trinajstić information content (AvgIpc) is 2.37. The smallest absolute Gasteiger partial charge is 0.411 e. The van der Waals surface area contributed by atoms with Crippen LogP contribution in [0, 0.1) is 6.92 Å². The van der Waals surface area contributed by atoms with E-state index in [1.54, 1.807) is 13.0 Å². The molecule has 6 nitrogen and oxygen atoms in total. The number of aryl methyl sites for hydroxylation is 1. The fourth-order valence-corrected chi connectivity index (χ4v) is 1.50. The van der Waals surface area contributed by atoms with E-state index in [1.165, 1.54) is 27.4 Å². The first kappa shape index (κ1) is 13.8. The Hall–Kier alpha value is -2.24. The summed E-state index contributed by atoms with van der Waals surface area (Å²) in [6, 6.07) is 3.20. The van der Waals surface area contributed by atoms with Gasteiger partial charge < -0.3 is 14.2 Å². The van der Waals surface area contributed by atoms with Gasteiger partial charge in [0.15, 0.2) is 0 Å². The van der Waals surface area contributed by atoms with Gasteiger partial charge in [0.25, 0.3) is 0 Å². The number of ether oxygens (including phenoxy) is 3. The molecule has 98 valence electrons. The van der Waals surface area contributed by atoms with Gasteiger partial charge in [-0.3, -0.25) is 5.32 Å². The molecule has 1 aromatic carbocycles. The fraction of sp³-hybridized carbons (Fsp3) is 0.333. The Morgan fingerprint density at radius 3 is 2.28 bits per heavy atom. The molecule has 1 N–H and O–H groups in total. The predicted octanol–water partition coefficient (Wildman–Crippen LogP) is 1.97. The van der Waals surface area contributed by atoms with Crippen LogP contribution in [0.1, 0.15) is 15.9 Å². The van der Waals surface area contributed by atoms with Crippen molar-refractivity contribution in [1.82, 2.24) is 0 Å². The molecular formula is C12H15NO5. The molecule has 0 fully saturated rings. The van der Waals surface area contributed by atoms with Crippen molar-refractivity contribution in [3.8, 4) is 5.75 Å². The summed E-state index contributed by atoms with van der Waals surface area (Å²) in [5.41, 5.74) is 1.18. The zero-order valence-electron chi connectivity index (χ0n) is 10.7. The van der Waals surface area contributed by atoms with Crippen LogP contribution in [0.3, 0.4) is 0 Å². The normalized spacial score (nSPS) is 9.56. The van der Waals surface area contributed by atoms with Crippen LogP contribution >= 0.6 is 0 Å². The molecule has 1 aromatic rings. The number of hydrogen-bond acceptors (Lipinski definition) is 5. The standard InChI is InChI=1S/C12H15NO5/c1-7-5-8(16-2)6-9(13-12(15)18-4)10(7)11(14)17-3/h5-6H,1-4H3,(H,13,15). The summed E-state index contributed by atoms with van der Waals surface area (Å²) in [4.78, 5) is 22.9. The van der Waals surface area contributed by atoms with Gasteiger partial charge in [-0.05, 0) is 18.6 Å². The van der Waals surface area contributed by atoms with Crippen molar-refractivity contribution < 1.29 is 23.8 Å². The Morgan fingerprint density at radius 2 is 1.78 bits per heavy atom. The number of hydrogen-bond donors (Lipinski definition) is 1. The summed E-state index contributed by atoms with van der Waals surface area (Å²) in [5, 5.41) is 2.45. The number of carbonyl (C=O) groups excluding carboxylic acids is 2. The second-order valence-electron chi connectivity index (χ2n) is 3.48. The number of anilines is 1. The average molecular weight is 253 g/mol. The van der Waals surface area contributed by atoms with E-state index in [2.05, 4.69) is 14.8 Å². The van der Waals surface area contributed by atoms with Gasteiger partial charge >= 0.3 is 12.1 Å². The van der Waals surface area contributed by atoms with Gasteiger partial charge in [-0.1, -0.05) is 0 Å². The largest absolute Gasteiger partial charge is 0.497 e. The molecular weight excluding hydrogens is 238 g/mol. The van der Waals surface area contributed by atoms with Crippen LogP contribution in [-0.2, 0) is 9.47 Å². The van der Waals surface area contributed by atoms with E-state index in [0.717, 1.165) is 0 Å². The summed E-state index contributed by atoms with van der Waals surface area (Å²) in [6.07, 6.45) is -0.673. The van der Waals surface area contributed by atoms with Gasteiger partial charge in [0.1, 0.15) is 5.75 Å². The first-order valence-electron chi connectivity index (χ1n) is 5.15. The molecule has 0 heterocycles. The molecule has 1 rings (SSSR count). The number of carbonyl (C=O) groups is 2. The highest BCUT2D eigenvalue weighted by Gasteiger charge is 2.18. The van der Waals surface area contributed by atoms with Crippen LogP contribution in [0.5, 0.6) is 5.75 Å². The molecule has 0 aliphatic rings. The Kier molecular flexibility index (Phi) is 4.53. The van der Waals surface area contributed by atoms with E-state index in [-0.39, 0.29) is 11.3 Å². The molecule has 6 heteroatoms. The highest BCUT2D eigenvalue weighted by molar-refractivity contribution is 6.01. The highest BCUT2D eigenvalue weighted by atomic mass is 16.5. The SMILES string of the molecule is COC(=O)Nc1cc(OC)cc(C)c1C(=O)OC. The van der Waals surface area contributed by atoms with Crippen LogP contribution < -0.4 is 10.1 Å². The Labute approximate surface area is 105 Å². The van der Waals surface area contributed by atoms with Crippen molar-refractivity contribution in [3.63, 3.8) is 0 Å². The number of benzene rings is 1. The quantitative estimate of drug-likeness (QED) is 0.833. The van der Waals surface area contributed by atoms with E-state index in [0.29, 0.717) is 11.3 Å². The van der Waals surface area contributed by atoms with Crippen molar-refractivity contribution in [2.24, 2.45) is 0 Å². The van der Waals surface area contributed by atoms with Crippen molar-refractivity contribution in [1.29, 1.82) is 0 Å². The third-order valence-electron chi connectivity index (χ3n) is 2.36. The highest BCUT2D eigenvalue weighted by Crippen LogP contribution is 2.27. The van der Waals surface area contributed by atoms with Gasteiger partial charge in [0, 0.05) is 6.07 Å². The summed E-state index contributed by atoms with van der Waals surface area (Å²) < 4.78 is 14.2. The lowest BCUT2D eigenvalue weighted by atomic mass is 10.1. The zero-order valence-corrected chi connectivity index (χ0v) is 10.7. The van der Waals surface area contributed by atoms with E-state index >= 15 is 0 Å². The molecule has 0 atom stereocenters. The van der Waals surface area contributed by atoms with Crippen LogP contribution in [0.4, 0.5) is 10.5 Å². The van der Waals surface area contributed by atoms with E-state index < -0.39 is 12.1 Å². The van der Waals surface area contributed by atoms with Crippen LogP contribution in [0.15, 0.2) is 12.1 Å². The first-order chi connectivity index (χ1) is 8.53. The van der Waals surface area contributed by atoms with Crippen LogP contribution in [0.2, 0.25) is 0 Å². The Balaban J connectivity index is 3.28. The summed E-state index contributed by atoms with van der Waals surface area (Å²) in [5.74, 6) is -0.0203. The number of amides is 1. The molecule has 1 amide bonds. The third-order valence-corrected chi connectivity index (χ3v) is 2.36. The van der Waals surface area contributed by atoms with Crippen LogP contribution in [0.25, 0.3) is 0 Å². The van der Waals surface area contributed by atoms with Gasteiger partial charge in [0.05, 0.1) is 32.6 Å². The summed E-state index contributed by atoms with van der Waals surface area (Å²) in [6.45, 7) is 1.72. The minimum absolute atomic E-state index is 0.267. The lowest BCUT2D eigenvalue weighted by Gasteiger charge is -2.13. The van der Waals surface area contributed by atoms with Crippen molar-refractivity contribution in [2.45, 2.75) is 6.92 Å².